The van der Waals surface area contributed by atoms with Crippen molar-refractivity contribution < 1.29 is 18.9 Å². The Bertz CT molecular complexity index is 1080. The monoisotopic (exact) mass is 485 g/mol. The molecule has 2 heterocycles. The Morgan fingerprint density at radius 3 is 2.26 bits per heavy atom. The van der Waals surface area contributed by atoms with Crippen molar-refractivity contribution in [2.75, 3.05) is 33.2 Å². The van der Waals surface area contributed by atoms with Crippen LogP contribution in [0.4, 0.5) is 5.95 Å². The lowest BCUT2D eigenvalue weighted by molar-refractivity contribution is 0.0211. The van der Waals surface area contributed by atoms with E-state index >= 15 is 0 Å². The van der Waals surface area contributed by atoms with E-state index in [2.05, 4.69) is 26.8 Å². The number of nitrogens with zero attached hydrogens (tertiary/aromatic N) is 4. The molecular weight excluding hydrogens is 454 g/mol. The summed E-state index contributed by atoms with van der Waals surface area (Å²) in [5, 5.41) is 9.14. The van der Waals surface area contributed by atoms with Crippen LogP contribution in [0, 0.1) is 5.92 Å². The van der Waals surface area contributed by atoms with Gasteiger partial charge in [-0.1, -0.05) is 18.6 Å². The maximum atomic E-state index is 5.82. The van der Waals surface area contributed by atoms with E-state index in [9.17, 15) is 0 Å². The number of hydrogen-bond acceptors (Lipinski definition) is 9. The minimum absolute atomic E-state index is 0.169. The Hall–Kier alpha value is -2.98. The number of nitrogens with one attached hydrogen (secondary N) is 1. The Kier molecular flexibility index (Phi) is 7.79. The van der Waals surface area contributed by atoms with Gasteiger partial charge >= 0.3 is 0 Å². The van der Waals surface area contributed by atoms with E-state index in [1.807, 2.05) is 34.9 Å². The van der Waals surface area contributed by atoms with Crippen molar-refractivity contribution in [2.45, 2.75) is 37.5 Å². The Morgan fingerprint density at radius 2 is 1.68 bits per heavy atom. The molecule has 1 aliphatic rings. The maximum Gasteiger partial charge on any atom is 0.239 e. The van der Waals surface area contributed by atoms with Crippen molar-refractivity contribution in [1.29, 1.82) is 0 Å². The van der Waals surface area contributed by atoms with Crippen LogP contribution in [0.25, 0.3) is 17.2 Å². The predicted molar refractivity (Wildman–Crippen MR) is 133 cm³/mol. The van der Waals surface area contributed by atoms with Gasteiger partial charge < -0.3 is 18.9 Å². The number of anilines is 1. The molecule has 2 aromatic heterocycles. The smallest absolute Gasteiger partial charge is 0.239 e. The van der Waals surface area contributed by atoms with Gasteiger partial charge in [-0.2, -0.15) is 0 Å². The zero-order valence-corrected chi connectivity index (χ0v) is 21.0. The summed E-state index contributed by atoms with van der Waals surface area (Å²) < 4.78 is 27.8. The first-order valence-corrected chi connectivity index (χ1v) is 12.1. The van der Waals surface area contributed by atoms with Crippen LogP contribution in [0.1, 0.15) is 26.2 Å². The fourth-order valence-corrected chi connectivity index (χ4v) is 5.07. The van der Waals surface area contributed by atoms with Crippen LogP contribution in [-0.4, -0.2) is 59.5 Å². The molecule has 0 bridgehead atoms. The van der Waals surface area contributed by atoms with Crippen LogP contribution in [-0.2, 0) is 4.74 Å². The molecule has 0 saturated heterocycles. The van der Waals surface area contributed by atoms with Gasteiger partial charge in [0.15, 0.2) is 5.82 Å². The number of methoxy groups -OCH3 is 4. The van der Waals surface area contributed by atoms with Gasteiger partial charge in [0.25, 0.3) is 0 Å². The van der Waals surface area contributed by atoms with Crippen LogP contribution < -0.4 is 18.9 Å². The lowest BCUT2D eigenvalue weighted by Crippen LogP contribution is -2.36. The van der Waals surface area contributed by atoms with Crippen molar-refractivity contribution in [3.8, 4) is 34.6 Å². The van der Waals surface area contributed by atoms with Crippen LogP contribution >= 0.6 is 11.9 Å². The molecule has 10 heteroatoms. The van der Waals surface area contributed by atoms with E-state index in [0.29, 0.717) is 46.5 Å². The zero-order chi connectivity index (χ0) is 24.1. The van der Waals surface area contributed by atoms with Gasteiger partial charge in [-0.3, -0.25) is 9.29 Å². The van der Waals surface area contributed by atoms with Gasteiger partial charge in [0.1, 0.15) is 22.9 Å². The molecule has 1 N–H and O–H groups in total. The number of rotatable bonds is 11. The maximum absolute atomic E-state index is 5.82. The van der Waals surface area contributed by atoms with E-state index < -0.39 is 0 Å². The second-order valence-electron chi connectivity index (χ2n) is 8.08. The molecule has 0 amide bonds. The molecule has 34 heavy (non-hydrogen) atoms. The second-order valence-corrected chi connectivity index (χ2v) is 9.26. The van der Waals surface area contributed by atoms with Crippen molar-refractivity contribution in [1.82, 2.24) is 19.7 Å². The van der Waals surface area contributed by atoms with E-state index in [0.717, 1.165) is 0 Å². The minimum Gasteiger partial charge on any atom is -0.494 e. The molecule has 0 aliphatic heterocycles. The molecule has 1 fully saturated rings. The number of para-hydroxylation sites is 1. The molecule has 1 saturated carbocycles. The highest BCUT2D eigenvalue weighted by Crippen LogP contribution is 2.39. The SMILES string of the molecule is COc1cccc(-c2nnc(NSC(C)C(OC)C3CCC3)n2-c2c(OC)cccc2OC)n1. The summed E-state index contributed by atoms with van der Waals surface area (Å²) in [5.74, 6) is 3.38. The first kappa shape index (κ1) is 24.2. The molecule has 1 aromatic carbocycles. The van der Waals surface area contributed by atoms with Crippen molar-refractivity contribution >= 4 is 17.9 Å². The van der Waals surface area contributed by atoms with Crippen molar-refractivity contribution in [2.24, 2.45) is 5.92 Å². The first-order chi connectivity index (χ1) is 16.6. The third-order valence-electron chi connectivity index (χ3n) is 6.14. The molecule has 0 spiro atoms. The van der Waals surface area contributed by atoms with Crippen LogP contribution in [0.5, 0.6) is 17.4 Å². The molecule has 9 nitrogen and oxygen atoms in total. The molecular formula is C24H31N5O4S. The molecule has 3 aromatic rings. The van der Waals surface area contributed by atoms with E-state index in [1.165, 1.54) is 19.3 Å². The van der Waals surface area contributed by atoms with E-state index in [4.69, 9.17) is 18.9 Å². The standard InChI is InChI=1S/C24H31N5O4S/c1-15(22(33-5)16-9-6-10-16)34-28-24-27-26-23(17-11-7-14-20(25-17)32-4)29(24)21-18(30-2)12-8-13-19(21)31-3/h7-8,11-16,22H,6,9-10H2,1-5H3,(H,27,28). The molecule has 4 rings (SSSR count). The Labute approximate surface area is 204 Å². The summed E-state index contributed by atoms with van der Waals surface area (Å²) in [6.45, 7) is 2.17. The molecule has 182 valence electrons. The summed E-state index contributed by atoms with van der Waals surface area (Å²) in [7, 11) is 6.61. The predicted octanol–water partition coefficient (Wildman–Crippen LogP) is 4.62. The Balaban J connectivity index is 1.75. The van der Waals surface area contributed by atoms with E-state index in [1.54, 1.807) is 46.5 Å². The summed E-state index contributed by atoms with van der Waals surface area (Å²) >= 11 is 1.57. The fraction of sp³-hybridized carbons (Fsp3) is 0.458. The van der Waals surface area contributed by atoms with Crippen LogP contribution in [0.3, 0.4) is 0 Å². The summed E-state index contributed by atoms with van der Waals surface area (Å²) in [6.07, 6.45) is 3.87. The quantitative estimate of drug-likeness (QED) is 0.391. The van der Waals surface area contributed by atoms with Gasteiger partial charge in [-0.05, 0) is 55.8 Å². The van der Waals surface area contributed by atoms with E-state index in [-0.39, 0.29) is 11.4 Å². The number of ether oxygens (including phenoxy) is 4. The normalized spacial score (nSPS) is 15.3. The van der Waals surface area contributed by atoms with Gasteiger partial charge in [0.2, 0.25) is 11.8 Å². The molecule has 1 aliphatic carbocycles. The topological polar surface area (TPSA) is 92.6 Å². The van der Waals surface area contributed by atoms with Crippen LogP contribution in [0.15, 0.2) is 36.4 Å². The lowest BCUT2D eigenvalue weighted by Gasteiger charge is -2.35. The number of hydrogen-bond donors (Lipinski definition) is 1. The Morgan fingerprint density at radius 1 is 0.971 bits per heavy atom. The van der Waals surface area contributed by atoms with Gasteiger partial charge in [0.05, 0.1) is 27.4 Å². The lowest BCUT2D eigenvalue weighted by atomic mass is 9.80. The number of pyridine rings is 1. The third kappa shape index (κ3) is 4.78. The largest absolute Gasteiger partial charge is 0.494 e. The second kappa shape index (κ2) is 11.0. The van der Waals surface area contributed by atoms with Gasteiger partial charge in [-0.15, -0.1) is 10.2 Å². The highest BCUT2D eigenvalue weighted by atomic mass is 32.2. The minimum atomic E-state index is 0.169. The highest BCUT2D eigenvalue weighted by Gasteiger charge is 2.32. The van der Waals surface area contributed by atoms with Gasteiger partial charge in [-0.25, -0.2) is 4.98 Å². The first-order valence-electron chi connectivity index (χ1n) is 11.2. The summed E-state index contributed by atoms with van der Waals surface area (Å²) in [6, 6.07) is 11.1. The number of benzene rings is 1. The van der Waals surface area contributed by atoms with Crippen molar-refractivity contribution in [3.63, 3.8) is 0 Å². The van der Waals surface area contributed by atoms with Gasteiger partial charge in [0, 0.05) is 18.4 Å². The zero-order valence-electron chi connectivity index (χ0n) is 20.1. The average molecular weight is 486 g/mol. The summed E-state index contributed by atoms with van der Waals surface area (Å²) in [4.78, 5) is 4.57. The molecule has 2 atom stereocenters. The molecule has 0 radical (unpaired) electrons. The molecule has 2 unspecified atom stereocenters. The third-order valence-corrected chi connectivity index (χ3v) is 7.08. The number of aromatic nitrogens is 4. The summed E-state index contributed by atoms with van der Waals surface area (Å²) in [5.41, 5.74) is 1.28. The fourth-order valence-electron chi connectivity index (χ4n) is 4.18. The highest BCUT2D eigenvalue weighted by molar-refractivity contribution is 8.01. The van der Waals surface area contributed by atoms with Crippen molar-refractivity contribution in [3.05, 3.63) is 36.4 Å². The van der Waals surface area contributed by atoms with Crippen LogP contribution in [0.2, 0.25) is 0 Å². The average Bonchev–Trinajstić information content (AvgIpc) is 3.27.